The van der Waals surface area contributed by atoms with E-state index < -0.39 is 0 Å². The SMILES string of the molecule is CC(C)n1cc(NC(=O)c2ccc(C=O)cc2)cn1. The summed E-state index contributed by atoms with van der Waals surface area (Å²) in [5.74, 6) is -0.222. The predicted octanol–water partition coefficient (Wildman–Crippen LogP) is 2.53. The Balaban J connectivity index is 2.08. The van der Waals surface area contributed by atoms with Crippen molar-refractivity contribution in [3.63, 3.8) is 0 Å². The summed E-state index contributed by atoms with van der Waals surface area (Å²) in [6.07, 6.45) is 4.13. The maximum absolute atomic E-state index is 12.0. The monoisotopic (exact) mass is 257 g/mol. The zero-order valence-electron chi connectivity index (χ0n) is 10.8. The van der Waals surface area contributed by atoms with Gasteiger partial charge < -0.3 is 5.32 Å². The van der Waals surface area contributed by atoms with Gasteiger partial charge in [-0.1, -0.05) is 12.1 Å². The lowest BCUT2D eigenvalue weighted by atomic mass is 10.1. The molecule has 0 aliphatic rings. The van der Waals surface area contributed by atoms with Crippen LogP contribution in [0.15, 0.2) is 36.7 Å². The van der Waals surface area contributed by atoms with Crippen LogP contribution >= 0.6 is 0 Å². The topological polar surface area (TPSA) is 64.0 Å². The lowest BCUT2D eigenvalue weighted by Gasteiger charge is -2.04. The van der Waals surface area contributed by atoms with E-state index >= 15 is 0 Å². The van der Waals surface area contributed by atoms with Crippen LogP contribution in [0.25, 0.3) is 0 Å². The minimum Gasteiger partial charge on any atom is -0.319 e. The summed E-state index contributed by atoms with van der Waals surface area (Å²) < 4.78 is 1.77. The molecular formula is C14H15N3O2. The van der Waals surface area contributed by atoms with E-state index in [0.29, 0.717) is 16.8 Å². The molecule has 0 unspecified atom stereocenters. The van der Waals surface area contributed by atoms with Crippen molar-refractivity contribution in [3.8, 4) is 0 Å². The molecular weight excluding hydrogens is 242 g/mol. The molecule has 0 spiro atoms. The van der Waals surface area contributed by atoms with Gasteiger partial charge in [-0.25, -0.2) is 0 Å². The second kappa shape index (κ2) is 5.48. The highest BCUT2D eigenvalue weighted by atomic mass is 16.1. The fourth-order valence-corrected chi connectivity index (χ4v) is 1.60. The van der Waals surface area contributed by atoms with Crippen molar-refractivity contribution in [2.45, 2.75) is 19.9 Å². The number of carbonyl (C=O) groups is 2. The third kappa shape index (κ3) is 3.07. The quantitative estimate of drug-likeness (QED) is 0.856. The van der Waals surface area contributed by atoms with Crippen LogP contribution in [0, 0.1) is 0 Å². The number of nitrogens with one attached hydrogen (secondary N) is 1. The number of aldehydes is 1. The predicted molar refractivity (Wildman–Crippen MR) is 72.4 cm³/mol. The van der Waals surface area contributed by atoms with E-state index in [1.54, 1.807) is 41.3 Å². The van der Waals surface area contributed by atoms with Crippen molar-refractivity contribution >= 4 is 17.9 Å². The zero-order valence-corrected chi connectivity index (χ0v) is 10.8. The minimum absolute atomic E-state index is 0.222. The Hall–Kier alpha value is -2.43. The summed E-state index contributed by atoms with van der Waals surface area (Å²) in [5, 5.41) is 6.91. The van der Waals surface area contributed by atoms with Gasteiger partial charge >= 0.3 is 0 Å². The molecule has 98 valence electrons. The van der Waals surface area contributed by atoms with E-state index in [1.165, 1.54) is 0 Å². The molecule has 2 aromatic rings. The van der Waals surface area contributed by atoms with Crippen molar-refractivity contribution in [1.82, 2.24) is 9.78 Å². The van der Waals surface area contributed by atoms with Crippen molar-refractivity contribution in [2.75, 3.05) is 5.32 Å². The summed E-state index contributed by atoms with van der Waals surface area (Å²) in [6.45, 7) is 4.02. The third-order valence-electron chi connectivity index (χ3n) is 2.70. The number of nitrogens with zero attached hydrogens (tertiary/aromatic N) is 2. The highest BCUT2D eigenvalue weighted by Crippen LogP contribution is 2.12. The van der Waals surface area contributed by atoms with Gasteiger partial charge in [0.15, 0.2) is 0 Å². The summed E-state index contributed by atoms with van der Waals surface area (Å²) >= 11 is 0. The fourth-order valence-electron chi connectivity index (χ4n) is 1.60. The maximum Gasteiger partial charge on any atom is 0.255 e. The molecule has 0 aliphatic carbocycles. The van der Waals surface area contributed by atoms with Gasteiger partial charge in [0, 0.05) is 23.4 Å². The molecule has 0 atom stereocenters. The first-order valence-corrected chi connectivity index (χ1v) is 6.01. The van der Waals surface area contributed by atoms with Crippen LogP contribution in [-0.4, -0.2) is 22.0 Å². The van der Waals surface area contributed by atoms with Crippen LogP contribution in [0.2, 0.25) is 0 Å². The molecule has 1 amide bonds. The standard InChI is InChI=1S/C14H15N3O2/c1-10(2)17-8-13(7-15-17)16-14(19)12-5-3-11(9-18)4-6-12/h3-10H,1-2H3,(H,16,19). The molecule has 5 nitrogen and oxygen atoms in total. The van der Waals surface area contributed by atoms with Crippen LogP contribution < -0.4 is 5.32 Å². The molecule has 0 fully saturated rings. The average Bonchev–Trinajstić information content (AvgIpc) is 2.87. The van der Waals surface area contributed by atoms with Gasteiger partial charge in [-0.2, -0.15) is 5.10 Å². The number of carbonyl (C=O) groups excluding carboxylic acids is 2. The van der Waals surface area contributed by atoms with E-state index in [0.717, 1.165) is 6.29 Å². The maximum atomic E-state index is 12.0. The third-order valence-corrected chi connectivity index (χ3v) is 2.70. The summed E-state index contributed by atoms with van der Waals surface area (Å²) in [4.78, 5) is 22.5. The summed E-state index contributed by atoms with van der Waals surface area (Å²) in [6, 6.07) is 6.70. The van der Waals surface area contributed by atoms with E-state index in [9.17, 15) is 9.59 Å². The Morgan fingerprint density at radius 1 is 1.32 bits per heavy atom. The number of anilines is 1. The van der Waals surface area contributed by atoms with Gasteiger partial charge in [0.2, 0.25) is 0 Å². The van der Waals surface area contributed by atoms with Crippen LogP contribution in [0.4, 0.5) is 5.69 Å². The first-order valence-electron chi connectivity index (χ1n) is 6.01. The molecule has 1 aromatic carbocycles. The van der Waals surface area contributed by atoms with E-state index in [1.807, 2.05) is 13.8 Å². The Kier molecular flexibility index (Phi) is 3.75. The van der Waals surface area contributed by atoms with Crippen molar-refractivity contribution < 1.29 is 9.59 Å². The Morgan fingerprint density at radius 3 is 2.53 bits per heavy atom. The minimum atomic E-state index is -0.222. The molecule has 0 aliphatic heterocycles. The largest absolute Gasteiger partial charge is 0.319 e. The number of hydrogen-bond donors (Lipinski definition) is 1. The van der Waals surface area contributed by atoms with Crippen LogP contribution in [-0.2, 0) is 0 Å². The molecule has 0 saturated carbocycles. The van der Waals surface area contributed by atoms with Gasteiger partial charge in [0.25, 0.3) is 5.91 Å². The number of amides is 1. The Labute approximate surface area is 111 Å². The zero-order chi connectivity index (χ0) is 13.8. The normalized spacial score (nSPS) is 10.5. The first kappa shape index (κ1) is 13.0. The fraction of sp³-hybridized carbons (Fsp3) is 0.214. The summed E-state index contributed by atoms with van der Waals surface area (Å²) in [5.41, 5.74) is 1.70. The first-order chi connectivity index (χ1) is 9.10. The van der Waals surface area contributed by atoms with Gasteiger partial charge in [-0.15, -0.1) is 0 Å². The van der Waals surface area contributed by atoms with Gasteiger partial charge in [-0.3, -0.25) is 14.3 Å². The number of benzene rings is 1. The number of rotatable bonds is 4. The number of aromatic nitrogens is 2. The highest BCUT2D eigenvalue weighted by Gasteiger charge is 2.08. The van der Waals surface area contributed by atoms with E-state index in [4.69, 9.17) is 0 Å². The van der Waals surface area contributed by atoms with Crippen LogP contribution in [0.3, 0.4) is 0 Å². The molecule has 5 heteroatoms. The average molecular weight is 257 g/mol. The molecule has 2 rings (SSSR count). The van der Waals surface area contributed by atoms with Gasteiger partial charge in [0.05, 0.1) is 11.9 Å². The lowest BCUT2D eigenvalue weighted by Crippen LogP contribution is -2.11. The second-order valence-electron chi connectivity index (χ2n) is 4.50. The lowest BCUT2D eigenvalue weighted by molar-refractivity contribution is 0.102. The highest BCUT2D eigenvalue weighted by molar-refractivity contribution is 6.04. The van der Waals surface area contributed by atoms with Gasteiger partial charge in [0.1, 0.15) is 6.29 Å². The molecule has 1 heterocycles. The Morgan fingerprint density at radius 2 is 2.00 bits per heavy atom. The summed E-state index contributed by atoms with van der Waals surface area (Å²) in [7, 11) is 0. The number of hydrogen-bond acceptors (Lipinski definition) is 3. The molecule has 0 bridgehead atoms. The van der Waals surface area contributed by atoms with Crippen molar-refractivity contribution in [3.05, 3.63) is 47.8 Å². The Bertz CT molecular complexity index is 585. The molecule has 1 N–H and O–H groups in total. The van der Waals surface area contributed by atoms with Crippen LogP contribution in [0.5, 0.6) is 0 Å². The molecule has 0 saturated heterocycles. The second-order valence-corrected chi connectivity index (χ2v) is 4.50. The van der Waals surface area contributed by atoms with Gasteiger partial charge in [-0.05, 0) is 26.0 Å². The van der Waals surface area contributed by atoms with Crippen molar-refractivity contribution in [2.24, 2.45) is 0 Å². The smallest absolute Gasteiger partial charge is 0.255 e. The molecule has 0 radical (unpaired) electrons. The molecule has 1 aromatic heterocycles. The van der Waals surface area contributed by atoms with E-state index in [2.05, 4.69) is 10.4 Å². The van der Waals surface area contributed by atoms with E-state index in [-0.39, 0.29) is 11.9 Å². The van der Waals surface area contributed by atoms with Crippen LogP contribution in [0.1, 0.15) is 40.6 Å². The molecule has 19 heavy (non-hydrogen) atoms. The van der Waals surface area contributed by atoms with Crippen molar-refractivity contribution in [1.29, 1.82) is 0 Å².